The molecule has 0 atom stereocenters. The molecule has 0 aromatic heterocycles. The van der Waals surface area contributed by atoms with Crippen LogP contribution in [0.1, 0.15) is 10.4 Å². The minimum Gasteiger partial charge on any atom is -0.508 e. The summed E-state index contributed by atoms with van der Waals surface area (Å²) in [6.07, 6.45) is 0. The van der Waals surface area contributed by atoms with E-state index in [-0.39, 0.29) is 11.3 Å². The predicted molar refractivity (Wildman–Crippen MR) is 72.2 cm³/mol. The lowest BCUT2D eigenvalue weighted by Crippen LogP contribution is -2.00. The molecule has 4 nitrogen and oxygen atoms in total. The summed E-state index contributed by atoms with van der Waals surface area (Å²) in [4.78, 5) is 12.8. The number of aromatic carboxylic acids is 1. The smallest absolute Gasteiger partial charge is 0.339 e. The second-order valence-electron chi connectivity index (χ2n) is 3.76. The largest absolute Gasteiger partial charge is 0.508 e. The maximum Gasteiger partial charge on any atom is 0.339 e. The number of carboxylic acid groups (broad SMARTS) is 1. The Bertz CT molecular complexity index is 593. The maximum absolute atomic E-state index is 11.1. The predicted octanol–water partition coefficient (Wildman–Crippen LogP) is 3.25. The van der Waals surface area contributed by atoms with Crippen LogP contribution in [0.25, 0.3) is 0 Å². The Balaban J connectivity index is 2.28. The van der Waals surface area contributed by atoms with Gasteiger partial charge in [-0.1, -0.05) is 11.8 Å². The topological polar surface area (TPSA) is 66.8 Å². The van der Waals surface area contributed by atoms with E-state index < -0.39 is 5.97 Å². The van der Waals surface area contributed by atoms with Crippen LogP contribution in [0.2, 0.25) is 0 Å². The van der Waals surface area contributed by atoms with E-state index in [0.717, 1.165) is 9.79 Å². The molecule has 0 fully saturated rings. The van der Waals surface area contributed by atoms with Crippen molar-refractivity contribution in [3.05, 3.63) is 48.0 Å². The third-order valence-electron chi connectivity index (χ3n) is 2.47. The van der Waals surface area contributed by atoms with Gasteiger partial charge in [0.05, 0.1) is 7.11 Å². The average molecular weight is 276 g/mol. The summed E-state index contributed by atoms with van der Waals surface area (Å²) in [7, 11) is 1.44. The number of carbonyl (C=O) groups is 1. The van der Waals surface area contributed by atoms with Crippen molar-refractivity contribution < 1.29 is 19.7 Å². The van der Waals surface area contributed by atoms with Gasteiger partial charge in [-0.15, -0.1) is 0 Å². The number of phenols is 1. The Morgan fingerprint density at radius 2 is 1.74 bits per heavy atom. The Labute approximate surface area is 114 Å². The lowest BCUT2D eigenvalue weighted by Gasteiger charge is -2.07. The monoisotopic (exact) mass is 276 g/mol. The third kappa shape index (κ3) is 3.20. The molecule has 0 heterocycles. The number of methoxy groups -OCH3 is 1. The summed E-state index contributed by atoms with van der Waals surface area (Å²) in [6.45, 7) is 0. The average Bonchev–Trinajstić information content (AvgIpc) is 2.41. The van der Waals surface area contributed by atoms with E-state index in [1.165, 1.54) is 18.9 Å². The molecule has 5 heteroatoms. The van der Waals surface area contributed by atoms with Gasteiger partial charge in [0.15, 0.2) is 0 Å². The van der Waals surface area contributed by atoms with E-state index in [1.54, 1.807) is 42.5 Å². The first-order valence-electron chi connectivity index (χ1n) is 5.48. The summed E-state index contributed by atoms with van der Waals surface area (Å²) < 4.78 is 5.00. The molecule has 0 saturated heterocycles. The zero-order chi connectivity index (χ0) is 13.8. The van der Waals surface area contributed by atoms with Gasteiger partial charge in [-0.3, -0.25) is 0 Å². The molecule has 2 N–H and O–H groups in total. The first kappa shape index (κ1) is 13.3. The van der Waals surface area contributed by atoms with Gasteiger partial charge in [-0.05, 0) is 42.5 Å². The van der Waals surface area contributed by atoms with E-state index in [4.69, 9.17) is 9.84 Å². The normalized spacial score (nSPS) is 10.2. The molecule has 0 unspecified atom stereocenters. The molecule has 19 heavy (non-hydrogen) atoms. The van der Waals surface area contributed by atoms with Crippen molar-refractivity contribution in [2.45, 2.75) is 9.79 Å². The second kappa shape index (κ2) is 5.67. The molecule has 0 radical (unpaired) electrons. The number of carboxylic acids is 1. The standard InChI is InChI=1S/C14H12O4S/c1-18-13-7-6-11(8-12(13)14(16)17)19-10-4-2-9(15)3-5-10/h2-8,15H,1H3,(H,16,17). The van der Waals surface area contributed by atoms with Crippen molar-refractivity contribution in [1.82, 2.24) is 0 Å². The highest BCUT2D eigenvalue weighted by molar-refractivity contribution is 7.99. The lowest BCUT2D eigenvalue weighted by molar-refractivity contribution is 0.0693. The molecule has 0 aliphatic rings. The van der Waals surface area contributed by atoms with Gasteiger partial charge in [0.25, 0.3) is 0 Å². The molecule has 98 valence electrons. The molecular weight excluding hydrogens is 264 g/mol. The van der Waals surface area contributed by atoms with Crippen LogP contribution in [0.3, 0.4) is 0 Å². The summed E-state index contributed by atoms with van der Waals surface area (Å²) >= 11 is 1.42. The molecule has 0 amide bonds. The van der Waals surface area contributed by atoms with Crippen LogP contribution in [-0.4, -0.2) is 23.3 Å². The summed E-state index contributed by atoms with van der Waals surface area (Å²) in [6, 6.07) is 11.7. The number of ether oxygens (including phenoxy) is 1. The van der Waals surface area contributed by atoms with Crippen LogP contribution in [-0.2, 0) is 0 Å². The molecule has 0 spiro atoms. The number of hydrogen-bond donors (Lipinski definition) is 2. The molecule has 2 aromatic carbocycles. The third-order valence-corrected chi connectivity index (χ3v) is 3.47. The molecule has 0 saturated carbocycles. The molecule has 0 aliphatic heterocycles. The van der Waals surface area contributed by atoms with Crippen molar-refractivity contribution in [2.24, 2.45) is 0 Å². The SMILES string of the molecule is COc1ccc(Sc2ccc(O)cc2)cc1C(=O)O. The Morgan fingerprint density at radius 3 is 2.32 bits per heavy atom. The van der Waals surface area contributed by atoms with Gasteiger partial charge in [0.2, 0.25) is 0 Å². The summed E-state index contributed by atoms with van der Waals surface area (Å²) in [5, 5.41) is 18.3. The van der Waals surface area contributed by atoms with Crippen LogP contribution in [0.4, 0.5) is 0 Å². The highest BCUT2D eigenvalue weighted by Crippen LogP contribution is 2.32. The van der Waals surface area contributed by atoms with Crippen LogP contribution in [0.5, 0.6) is 11.5 Å². The van der Waals surface area contributed by atoms with Gasteiger partial charge in [-0.25, -0.2) is 4.79 Å². The van der Waals surface area contributed by atoms with E-state index >= 15 is 0 Å². The zero-order valence-corrected chi connectivity index (χ0v) is 11.0. The minimum atomic E-state index is -1.02. The van der Waals surface area contributed by atoms with Crippen LogP contribution in [0, 0.1) is 0 Å². The zero-order valence-electron chi connectivity index (χ0n) is 10.2. The van der Waals surface area contributed by atoms with Crippen molar-refractivity contribution >= 4 is 17.7 Å². The van der Waals surface area contributed by atoms with Gasteiger partial charge in [0, 0.05) is 9.79 Å². The van der Waals surface area contributed by atoms with E-state index in [1.807, 2.05) is 0 Å². The number of aromatic hydroxyl groups is 1. The number of hydrogen-bond acceptors (Lipinski definition) is 4. The number of benzene rings is 2. The lowest BCUT2D eigenvalue weighted by atomic mass is 10.2. The first-order chi connectivity index (χ1) is 9.10. The highest BCUT2D eigenvalue weighted by Gasteiger charge is 2.12. The Hall–Kier alpha value is -2.14. The van der Waals surface area contributed by atoms with Crippen LogP contribution in [0.15, 0.2) is 52.3 Å². The maximum atomic E-state index is 11.1. The number of phenolic OH excluding ortho intramolecular Hbond substituents is 1. The highest BCUT2D eigenvalue weighted by atomic mass is 32.2. The Kier molecular flexibility index (Phi) is 3.97. The van der Waals surface area contributed by atoms with Crippen molar-refractivity contribution in [1.29, 1.82) is 0 Å². The summed E-state index contributed by atoms with van der Waals surface area (Å²) in [5.74, 6) is -0.488. The fraction of sp³-hybridized carbons (Fsp3) is 0.0714. The van der Waals surface area contributed by atoms with Crippen LogP contribution >= 0.6 is 11.8 Å². The van der Waals surface area contributed by atoms with Crippen molar-refractivity contribution in [3.63, 3.8) is 0 Å². The van der Waals surface area contributed by atoms with Crippen molar-refractivity contribution in [3.8, 4) is 11.5 Å². The molecule has 2 aromatic rings. The molecule has 0 aliphatic carbocycles. The quantitative estimate of drug-likeness (QED) is 0.897. The molecule has 2 rings (SSSR count). The number of rotatable bonds is 4. The van der Waals surface area contributed by atoms with Gasteiger partial charge < -0.3 is 14.9 Å². The molecular formula is C14H12O4S. The van der Waals surface area contributed by atoms with Gasteiger partial charge in [0.1, 0.15) is 17.1 Å². The van der Waals surface area contributed by atoms with Crippen molar-refractivity contribution in [2.75, 3.05) is 7.11 Å². The minimum absolute atomic E-state index is 0.131. The fourth-order valence-electron chi connectivity index (χ4n) is 1.57. The van der Waals surface area contributed by atoms with E-state index in [0.29, 0.717) is 5.75 Å². The molecule has 0 bridgehead atoms. The first-order valence-corrected chi connectivity index (χ1v) is 6.30. The van der Waals surface area contributed by atoms with E-state index in [9.17, 15) is 9.90 Å². The Morgan fingerprint density at radius 1 is 1.11 bits per heavy atom. The summed E-state index contributed by atoms with van der Waals surface area (Å²) in [5.41, 5.74) is 0.131. The fourth-order valence-corrected chi connectivity index (χ4v) is 2.43. The van der Waals surface area contributed by atoms with Gasteiger partial charge >= 0.3 is 5.97 Å². The van der Waals surface area contributed by atoms with Crippen LogP contribution < -0.4 is 4.74 Å². The van der Waals surface area contributed by atoms with Gasteiger partial charge in [-0.2, -0.15) is 0 Å². The second-order valence-corrected chi connectivity index (χ2v) is 4.91. The van der Waals surface area contributed by atoms with E-state index in [2.05, 4.69) is 0 Å².